The molecule has 4 saturated carbocycles. The number of rotatable bonds is 8. The fourth-order valence-corrected chi connectivity index (χ4v) is 6.88. The van der Waals surface area contributed by atoms with Gasteiger partial charge in [0.25, 0.3) is 0 Å². The van der Waals surface area contributed by atoms with Gasteiger partial charge in [-0.2, -0.15) is 0 Å². The summed E-state index contributed by atoms with van der Waals surface area (Å²) >= 11 is 0. The van der Waals surface area contributed by atoms with Crippen molar-refractivity contribution < 1.29 is 14.6 Å². The Morgan fingerprint density at radius 2 is 1.54 bits per heavy atom. The summed E-state index contributed by atoms with van der Waals surface area (Å²) in [6.45, 7) is 7.03. The number of β-amino-alcohol motifs (C(OH)–C–C–N with tert-alkyl or cyclic N) is 1. The van der Waals surface area contributed by atoms with E-state index in [2.05, 4.69) is 18.7 Å². The number of piperidine rings is 1. The summed E-state index contributed by atoms with van der Waals surface area (Å²) < 4.78 is 12.2. The molecule has 4 aliphatic carbocycles. The molecule has 1 saturated heterocycles. The van der Waals surface area contributed by atoms with Gasteiger partial charge >= 0.3 is 0 Å². The van der Waals surface area contributed by atoms with Crippen LogP contribution in [0, 0.1) is 17.8 Å². The van der Waals surface area contributed by atoms with Gasteiger partial charge in [-0.15, -0.1) is 0 Å². The lowest BCUT2D eigenvalue weighted by Gasteiger charge is -2.56. The van der Waals surface area contributed by atoms with Crippen LogP contribution < -0.4 is 0 Å². The largest absolute Gasteiger partial charge is 0.389 e. The second kappa shape index (κ2) is 8.06. The van der Waals surface area contributed by atoms with E-state index in [1.165, 1.54) is 57.8 Å². The second-order valence-corrected chi connectivity index (χ2v) is 10.0. The number of hydrogen-bond donors (Lipinski definition) is 1. The number of likely N-dealkylation sites (tertiary alicyclic amines) is 1. The molecule has 0 radical (unpaired) electrons. The van der Waals surface area contributed by atoms with Crippen molar-refractivity contribution >= 4 is 0 Å². The Kier molecular flexibility index (Phi) is 5.95. The molecule has 150 valence electrons. The maximum atomic E-state index is 10.4. The molecule has 1 heterocycles. The van der Waals surface area contributed by atoms with Crippen molar-refractivity contribution in [2.45, 2.75) is 95.4 Å². The van der Waals surface area contributed by atoms with Gasteiger partial charge in [-0.05, 0) is 83.0 Å². The molecule has 1 N–H and O–H groups in total. The van der Waals surface area contributed by atoms with Crippen molar-refractivity contribution in [3.8, 4) is 0 Å². The van der Waals surface area contributed by atoms with Crippen LogP contribution in [-0.2, 0) is 9.47 Å². The van der Waals surface area contributed by atoms with Crippen LogP contribution in [0.4, 0.5) is 0 Å². The zero-order valence-corrected chi connectivity index (χ0v) is 16.9. The Hall–Kier alpha value is -0.160. The molecule has 0 amide bonds. The van der Waals surface area contributed by atoms with Crippen LogP contribution in [0.5, 0.6) is 0 Å². The van der Waals surface area contributed by atoms with Crippen molar-refractivity contribution in [1.29, 1.82) is 0 Å². The first-order valence-electron chi connectivity index (χ1n) is 11.2. The van der Waals surface area contributed by atoms with Crippen molar-refractivity contribution in [2.75, 3.05) is 26.4 Å². The highest BCUT2D eigenvalue weighted by molar-refractivity contribution is 5.03. The summed E-state index contributed by atoms with van der Waals surface area (Å²) in [6.07, 6.45) is 11.6. The van der Waals surface area contributed by atoms with Gasteiger partial charge in [0.1, 0.15) is 0 Å². The van der Waals surface area contributed by atoms with E-state index in [4.69, 9.17) is 9.47 Å². The highest BCUT2D eigenvalue weighted by Crippen LogP contribution is 2.57. The minimum atomic E-state index is -0.391. The van der Waals surface area contributed by atoms with Gasteiger partial charge in [0.2, 0.25) is 0 Å². The summed E-state index contributed by atoms with van der Waals surface area (Å²) in [7, 11) is 0. The average molecular weight is 366 g/mol. The molecule has 4 heteroatoms. The van der Waals surface area contributed by atoms with Gasteiger partial charge in [0.15, 0.2) is 0 Å². The smallest absolute Gasteiger partial charge is 0.0900 e. The lowest BCUT2D eigenvalue weighted by atomic mass is 9.54. The predicted octanol–water partition coefficient (Wildman–Crippen LogP) is 3.61. The first-order valence-corrected chi connectivity index (χ1v) is 11.2. The van der Waals surface area contributed by atoms with E-state index in [0.717, 1.165) is 24.3 Å². The third-order valence-electron chi connectivity index (χ3n) is 7.73. The van der Waals surface area contributed by atoms with Crippen LogP contribution >= 0.6 is 0 Å². The first-order chi connectivity index (χ1) is 12.5. The summed E-state index contributed by atoms with van der Waals surface area (Å²) in [6, 6.07) is 1.15. The van der Waals surface area contributed by atoms with E-state index in [0.29, 0.717) is 31.9 Å². The third kappa shape index (κ3) is 4.29. The highest BCUT2D eigenvalue weighted by atomic mass is 16.5. The standard InChI is InChI=1S/C22H39NO3/c1-16-4-3-5-17(2)23(16)14-21(24)15-25-6-7-26-22-11-18-8-19(12-22)10-20(9-18)13-22/h16-21,24H,3-15H2,1-2H3/t16-,17+,18?,19?,20?,21-,22?/m1/s1. The molecule has 4 nitrogen and oxygen atoms in total. The van der Waals surface area contributed by atoms with E-state index >= 15 is 0 Å². The zero-order chi connectivity index (χ0) is 18.1. The summed E-state index contributed by atoms with van der Waals surface area (Å²) in [5.41, 5.74) is 0.176. The molecular formula is C22H39NO3. The fourth-order valence-electron chi connectivity index (χ4n) is 6.88. The van der Waals surface area contributed by atoms with E-state index in [9.17, 15) is 5.11 Å². The Morgan fingerprint density at radius 3 is 2.12 bits per heavy atom. The zero-order valence-electron chi connectivity index (χ0n) is 16.9. The Morgan fingerprint density at radius 1 is 0.962 bits per heavy atom. The second-order valence-electron chi connectivity index (χ2n) is 10.0. The van der Waals surface area contributed by atoms with Crippen molar-refractivity contribution in [1.82, 2.24) is 4.90 Å². The van der Waals surface area contributed by atoms with Gasteiger partial charge in [-0.25, -0.2) is 0 Å². The van der Waals surface area contributed by atoms with Crippen LogP contribution in [0.15, 0.2) is 0 Å². The molecule has 0 aromatic rings. The Balaban J connectivity index is 1.13. The predicted molar refractivity (Wildman–Crippen MR) is 103 cm³/mol. The monoisotopic (exact) mass is 365 g/mol. The topological polar surface area (TPSA) is 41.9 Å². The lowest BCUT2D eigenvalue weighted by molar-refractivity contribution is -0.170. The number of aliphatic hydroxyl groups is 1. The summed E-state index contributed by atoms with van der Waals surface area (Å²) in [5.74, 6) is 2.78. The average Bonchev–Trinajstić information content (AvgIpc) is 2.57. The minimum absolute atomic E-state index is 0.176. The lowest BCUT2D eigenvalue weighted by Crippen LogP contribution is -2.52. The van der Waals surface area contributed by atoms with Gasteiger partial charge in [-0.1, -0.05) is 6.42 Å². The van der Waals surface area contributed by atoms with Crippen LogP contribution in [0.25, 0.3) is 0 Å². The van der Waals surface area contributed by atoms with Crippen LogP contribution in [0.2, 0.25) is 0 Å². The van der Waals surface area contributed by atoms with Gasteiger partial charge in [0, 0.05) is 18.6 Å². The SMILES string of the molecule is C[C@@H]1CCC[C@H](C)N1C[C@@H](O)COCCOC12CC3CC(CC(C3)C1)C2. The third-order valence-corrected chi connectivity index (χ3v) is 7.73. The first kappa shape index (κ1) is 19.2. The van der Waals surface area contributed by atoms with Gasteiger partial charge < -0.3 is 14.6 Å². The van der Waals surface area contributed by atoms with Crippen LogP contribution in [0.1, 0.15) is 71.6 Å². The molecule has 0 aromatic heterocycles. The number of aliphatic hydroxyl groups excluding tert-OH is 1. The van der Waals surface area contributed by atoms with Crippen molar-refractivity contribution in [3.63, 3.8) is 0 Å². The van der Waals surface area contributed by atoms with E-state index in [1.54, 1.807) is 0 Å². The molecule has 0 spiro atoms. The number of hydrogen-bond acceptors (Lipinski definition) is 4. The van der Waals surface area contributed by atoms with Crippen molar-refractivity contribution in [3.05, 3.63) is 0 Å². The Labute approximate surface area is 159 Å². The summed E-state index contributed by atoms with van der Waals surface area (Å²) in [5, 5.41) is 10.4. The maximum Gasteiger partial charge on any atom is 0.0900 e. The quantitative estimate of drug-likeness (QED) is 0.667. The van der Waals surface area contributed by atoms with Gasteiger partial charge in [-0.3, -0.25) is 4.90 Å². The summed E-state index contributed by atoms with van der Waals surface area (Å²) in [4.78, 5) is 2.45. The molecule has 5 rings (SSSR count). The molecule has 1 aliphatic heterocycles. The number of nitrogens with zero attached hydrogens (tertiary/aromatic N) is 1. The molecule has 0 aromatic carbocycles. The van der Waals surface area contributed by atoms with E-state index in [-0.39, 0.29) is 5.60 Å². The Bertz CT molecular complexity index is 423. The van der Waals surface area contributed by atoms with Crippen molar-refractivity contribution in [2.24, 2.45) is 17.8 Å². The minimum Gasteiger partial charge on any atom is -0.389 e. The van der Waals surface area contributed by atoms with E-state index in [1.807, 2.05) is 0 Å². The molecule has 5 fully saturated rings. The van der Waals surface area contributed by atoms with Crippen LogP contribution in [0.3, 0.4) is 0 Å². The normalized spacial score (nSPS) is 43.7. The number of ether oxygens (including phenoxy) is 2. The maximum absolute atomic E-state index is 10.4. The highest BCUT2D eigenvalue weighted by Gasteiger charge is 2.51. The molecule has 3 atom stereocenters. The molecule has 4 bridgehead atoms. The molecule has 5 aliphatic rings. The van der Waals surface area contributed by atoms with E-state index < -0.39 is 6.10 Å². The molecule has 0 unspecified atom stereocenters. The molecular weight excluding hydrogens is 326 g/mol. The van der Waals surface area contributed by atoms with Gasteiger partial charge in [0.05, 0.1) is 31.5 Å². The van der Waals surface area contributed by atoms with Crippen LogP contribution in [-0.4, -0.2) is 60.2 Å². The fraction of sp³-hybridized carbons (Fsp3) is 1.00. The molecule has 26 heavy (non-hydrogen) atoms.